The van der Waals surface area contributed by atoms with Gasteiger partial charge in [-0.25, -0.2) is 9.97 Å². The number of hydrogen-bond donors (Lipinski definition) is 1. The Morgan fingerprint density at radius 3 is 2.52 bits per heavy atom. The lowest BCUT2D eigenvalue weighted by Gasteiger charge is -2.34. The van der Waals surface area contributed by atoms with Crippen molar-refractivity contribution in [2.75, 3.05) is 51.8 Å². The number of furan rings is 1. The molecule has 1 aliphatic heterocycles. The van der Waals surface area contributed by atoms with E-state index in [1.54, 1.807) is 35.1 Å². The van der Waals surface area contributed by atoms with Crippen LogP contribution in [-0.2, 0) is 4.74 Å². The maximum atomic E-state index is 12.8. The minimum atomic E-state index is -0.166. The molecule has 27 heavy (non-hydrogen) atoms. The van der Waals surface area contributed by atoms with Gasteiger partial charge in [0.05, 0.1) is 12.9 Å². The molecule has 1 saturated heterocycles. The summed E-state index contributed by atoms with van der Waals surface area (Å²) in [6.07, 6.45) is 1.47. The Labute approximate surface area is 157 Å². The van der Waals surface area contributed by atoms with Crippen LogP contribution in [0, 0.1) is 6.92 Å². The number of nitrogens with zero attached hydrogens (tertiary/aromatic N) is 4. The minimum Gasteiger partial charge on any atom is -0.459 e. The van der Waals surface area contributed by atoms with Crippen LogP contribution in [0.3, 0.4) is 0 Å². The quantitative estimate of drug-likeness (QED) is 0.755. The van der Waals surface area contributed by atoms with Crippen molar-refractivity contribution in [1.82, 2.24) is 19.8 Å². The zero-order valence-electron chi connectivity index (χ0n) is 15.5. The zero-order valence-corrected chi connectivity index (χ0v) is 15.5. The molecule has 2 aromatic heterocycles. The molecule has 144 valence electrons. The van der Waals surface area contributed by atoms with Gasteiger partial charge in [0.2, 0.25) is 5.95 Å². The van der Waals surface area contributed by atoms with Gasteiger partial charge in [-0.05, 0) is 25.1 Å². The summed E-state index contributed by atoms with van der Waals surface area (Å²) >= 11 is 0. The van der Waals surface area contributed by atoms with E-state index in [0.717, 1.165) is 0 Å². The third-order valence-corrected chi connectivity index (χ3v) is 4.25. The molecular weight excluding hydrogens is 350 g/mol. The number of carbonyl (C=O) groups is 2. The number of rotatable bonds is 6. The summed E-state index contributed by atoms with van der Waals surface area (Å²) in [6.45, 7) is 4.69. The highest BCUT2D eigenvalue weighted by atomic mass is 16.5. The number of anilines is 1. The minimum absolute atomic E-state index is 0.158. The van der Waals surface area contributed by atoms with Gasteiger partial charge in [0.25, 0.3) is 11.8 Å². The van der Waals surface area contributed by atoms with Crippen molar-refractivity contribution in [3.63, 3.8) is 0 Å². The lowest BCUT2D eigenvalue weighted by atomic mass is 10.2. The normalized spacial score (nSPS) is 14.3. The second kappa shape index (κ2) is 8.63. The molecule has 1 N–H and O–H groups in total. The number of aromatic nitrogens is 2. The number of ether oxygens (including phenoxy) is 1. The van der Waals surface area contributed by atoms with Gasteiger partial charge in [-0.2, -0.15) is 0 Å². The molecule has 0 aliphatic carbocycles. The summed E-state index contributed by atoms with van der Waals surface area (Å²) in [5, 5.41) is 3.04. The average Bonchev–Trinajstić information content (AvgIpc) is 3.21. The lowest BCUT2D eigenvalue weighted by molar-refractivity contribution is 0.0515. The number of piperazine rings is 1. The van der Waals surface area contributed by atoms with Crippen molar-refractivity contribution in [3.05, 3.63) is 41.6 Å². The molecular formula is C18H23N5O4. The number of carbonyl (C=O) groups excluding carboxylic acids is 2. The van der Waals surface area contributed by atoms with Crippen molar-refractivity contribution < 1.29 is 18.7 Å². The lowest BCUT2D eigenvalue weighted by Crippen LogP contribution is -2.50. The van der Waals surface area contributed by atoms with Crippen LogP contribution < -0.4 is 5.32 Å². The second-order valence-corrected chi connectivity index (χ2v) is 6.20. The molecule has 0 aromatic carbocycles. The van der Waals surface area contributed by atoms with E-state index in [0.29, 0.717) is 62.4 Å². The summed E-state index contributed by atoms with van der Waals surface area (Å²) < 4.78 is 10.1. The standard InChI is InChI=1S/C18H23N5O4/c1-13-12-14(21-18(20-13)19-5-11-26-2)16(24)22-6-8-23(9-7-22)17(25)15-4-3-10-27-15/h3-4,10,12H,5-9,11H2,1-2H3,(H,19,20,21). The van der Waals surface area contributed by atoms with Crippen molar-refractivity contribution in [3.8, 4) is 0 Å². The van der Waals surface area contributed by atoms with Crippen molar-refractivity contribution >= 4 is 17.8 Å². The maximum Gasteiger partial charge on any atom is 0.289 e. The molecule has 1 fully saturated rings. The van der Waals surface area contributed by atoms with Crippen LogP contribution in [0.5, 0.6) is 0 Å². The predicted molar refractivity (Wildman–Crippen MR) is 97.6 cm³/mol. The molecule has 1 aliphatic rings. The van der Waals surface area contributed by atoms with E-state index >= 15 is 0 Å². The Hall–Kier alpha value is -2.94. The summed E-state index contributed by atoms with van der Waals surface area (Å²) in [4.78, 5) is 37.1. The molecule has 0 saturated carbocycles. The number of nitrogens with one attached hydrogen (secondary N) is 1. The monoisotopic (exact) mass is 373 g/mol. The van der Waals surface area contributed by atoms with Gasteiger partial charge in [-0.15, -0.1) is 0 Å². The first-order valence-electron chi connectivity index (χ1n) is 8.79. The van der Waals surface area contributed by atoms with Crippen LogP contribution in [0.25, 0.3) is 0 Å². The fourth-order valence-electron chi connectivity index (χ4n) is 2.85. The third kappa shape index (κ3) is 4.62. The van der Waals surface area contributed by atoms with Crippen LogP contribution in [0.15, 0.2) is 28.9 Å². The molecule has 0 radical (unpaired) electrons. The molecule has 0 bridgehead atoms. The van der Waals surface area contributed by atoms with E-state index in [4.69, 9.17) is 9.15 Å². The summed E-state index contributed by atoms with van der Waals surface area (Å²) in [6, 6.07) is 4.99. The molecule has 0 spiro atoms. The topological polar surface area (TPSA) is 101 Å². The molecule has 3 rings (SSSR count). The largest absolute Gasteiger partial charge is 0.459 e. The van der Waals surface area contributed by atoms with Crippen LogP contribution >= 0.6 is 0 Å². The van der Waals surface area contributed by atoms with Crippen LogP contribution in [0.4, 0.5) is 5.95 Å². The van der Waals surface area contributed by atoms with Gasteiger partial charge in [-0.3, -0.25) is 9.59 Å². The Bertz CT molecular complexity index is 785. The van der Waals surface area contributed by atoms with Gasteiger partial charge < -0.3 is 24.3 Å². The number of methoxy groups -OCH3 is 1. The molecule has 0 unspecified atom stereocenters. The Morgan fingerprint density at radius 2 is 1.89 bits per heavy atom. The van der Waals surface area contributed by atoms with E-state index in [1.165, 1.54) is 6.26 Å². The van der Waals surface area contributed by atoms with E-state index in [-0.39, 0.29) is 11.8 Å². The Balaban J connectivity index is 1.61. The summed E-state index contributed by atoms with van der Waals surface area (Å²) in [5.41, 5.74) is 1.05. The third-order valence-electron chi connectivity index (χ3n) is 4.25. The van der Waals surface area contributed by atoms with Crippen molar-refractivity contribution in [1.29, 1.82) is 0 Å². The molecule has 0 atom stereocenters. The molecule has 2 aromatic rings. The van der Waals surface area contributed by atoms with Crippen molar-refractivity contribution in [2.45, 2.75) is 6.92 Å². The number of amides is 2. The first-order valence-corrected chi connectivity index (χ1v) is 8.79. The van der Waals surface area contributed by atoms with E-state index in [1.807, 2.05) is 6.92 Å². The van der Waals surface area contributed by atoms with Crippen LogP contribution in [0.2, 0.25) is 0 Å². The van der Waals surface area contributed by atoms with Gasteiger partial charge in [-0.1, -0.05) is 0 Å². The molecule has 3 heterocycles. The van der Waals surface area contributed by atoms with Gasteiger partial charge in [0.1, 0.15) is 5.69 Å². The van der Waals surface area contributed by atoms with Gasteiger partial charge in [0.15, 0.2) is 5.76 Å². The fourth-order valence-corrected chi connectivity index (χ4v) is 2.85. The van der Waals surface area contributed by atoms with Crippen LogP contribution in [-0.4, -0.2) is 78.0 Å². The highest BCUT2D eigenvalue weighted by molar-refractivity contribution is 5.94. The fraction of sp³-hybridized carbons (Fsp3) is 0.444. The first-order chi connectivity index (χ1) is 13.1. The zero-order chi connectivity index (χ0) is 19.2. The average molecular weight is 373 g/mol. The highest BCUT2D eigenvalue weighted by Gasteiger charge is 2.27. The van der Waals surface area contributed by atoms with Crippen LogP contribution in [0.1, 0.15) is 26.7 Å². The molecule has 2 amide bonds. The Morgan fingerprint density at radius 1 is 1.19 bits per heavy atom. The van der Waals surface area contributed by atoms with Gasteiger partial charge in [0, 0.05) is 45.5 Å². The Kier molecular flexibility index (Phi) is 6.02. The SMILES string of the molecule is COCCNc1nc(C)cc(C(=O)N2CCN(C(=O)c3ccco3)CC2)n1. The second-order valence-electron chi connectivity index (χ2n) is 6.20. The molecule has 9 heteroatoms. The predicted octanol–water partition coefficient (Wildman–Crippen LogP) is 1.03. The van der Waals surface area contributed by atoms with Gasteiger partial charge >= 0.3 is 0 Å². The van der Waals surface area contributed by atoms with Crippen molar-refractivity contribution in [2.24, 2.45) is 0 Å². The number of aryl methyl sites for hydroxylation is 1. The van der Waals surface area contributed by atoms with E-state index in [9.17, 15) is 9.59 Å². The highest BCUT2D eigenvalue weighted by Crippen LogP contribution is 2.13. The maximum absolute atomic E-state index is 12.8. The van der Waals surface area contributed by atoms with E-state index < -0.39 is 0 Å². The summed E-state index contributed by atoms with van der Waals surface area (Å²) in [5.74, 6) is 0.394. The summed E-state index contributed by atoms with van der Waals surface area (Å²) in [7, 11) is 1.62. The first kappa shape index (κ1) is 18.8. The number of hydrogen-bond acceptors (Lipinski definition) is 7. The van der Waals surface area contributed by atoms with E-state index in [2.05, 4.69) is 15.3 Å². The molecule has 9 nitrogen and oxygen atoms in total. The smallest absolute Gasteiger partial charge is 0.289 e.